The van der Waals surface area contributed by atoms with Gasteiger partial charge in [-0.2, -0.15) is 0 Å². The van der Waals surface area contributed by atoms with E-state index in [2.05, 4.69) is 26.1 Å². The molecule has 0 bridgehead atoms. The highest BCUT2D eigenvalue weighted by atomic mass is 16.5. The third-order valence-electron chi connectivity index (χ3n) is 3.15. The van der Waals surface area contributed by atoms with E-state index in [1.807, 2.05) is 0 Å². The van der Waals surface area contributed by atoms with Gasteiger partial charge < -0.3 is 10.1 Å². The molecule has 1 heterocycles. The Morgan fingerprint density at radius 2 is 2.00 bits per heavy atom. The lowest BCUT2D eigenvalue weighted by Crippen LogP contribution is -2.36. The Morgan fingerprint density at radius 3 is 2.60 bits per heavy atom. The summed E-state index contributed by atoms with van der Waals surface area (Å²) in [6.07, 6.45) is 6.90. The third-order valence-corrected chi connectivity index (χ3v) is 3.15. The first-order valence-corrected chi connectivity index (χ1v) is 6.53. The maximum absolute atomic E-state index is 5.69. The van der Waals surface area contributed by atoms with Crippen LogP contribution < -0.4 is 5.32 Å². The second kappa shape index (κ2) is 7.24. The number of nitrogens with one attached hydrogen (secondary N) is 1. The van der Waals surface area contributed by atoms with E-state index in [0.717, 1.165) is 19.1 Å². The molecule has 0 saturated carbocycles. The van der Waals surface area contributed by atoms with E-state index in [1.165, 1.54) is 32.1 Å². The van der Waals surface area contributed by atoms with Gasteiger partial charge in [-0.15, -0.1) is 0 Å². The summed E-state index contributed by atoms with van der Waals surface area (Å²) in [5.41, 5.74) is 0. The number of hydrogen-bond acceptors (Lipinski definition) is 2. The molecule has 1 aliphatic heterocycles. The van der Waals surface area contributed by atoms with Crippen LogP contribution in [0.25, 0.3) is 0 Å². The van der Waals surface area contributed by atoms with Gasteiger partial charge in [-0.25, -0.2) is 0 Å². The van der Waals surface area contributed by atoms with Crippen molar-refractivity contribution in [2.45, 2.75) is 65.0 Å². The van der Waals surface area contributed by atoms with Gasteiger partial charge in [0.15, 0.2) is 0 Å². The number of ether oxygens (including phenoxy) is 1. The van der Waals surface area contributed by atoms with Crippen LogP contribution in [0.3, 0.4) is 0 Å². The normalized spacial score (nSPS) is 24.4. The molecule has 0 radical (unpaired) electrons. The van der Waals surface area contributed by atoms with Crippen LogP contribution in [0.4, 0.5) is 0 Å². The van der Waals surface area contributed by atoms with E-state index in [9.17, 15) is 0 Å². The first-order chi connectivity index (χ1) is 7.18. The summed E-state index contributed by atoms with van der Waals surface area (Å²) in [6, 6.07) is 0.637. The fourth-order valence-electron chi connectivity index (χ4n) is 1.99. The van der Waals surface area contributed by atoms with Gasteiger partial charge in [-0.05, 0) is 44.9 Å². The first-order valence-electron chi connectivity index (χ1n) is 6.53. The van der Waals surface area contributed by atoms with E-state index in [-0.39, 0.29) is 0 Å². The summed E-state index contributed by atoms with van der Waals surface area (Å²) in [5.74, 6) is 0.820. The van der Waals surface area contributed by atoms with Crippen LogP contribution in [-0.2, 0) is 4.74 Å². The Balaban J connectivity index is 2.02. The molecular formula is C13H27NO. The van der Waals surface area contributed by atoms with Gasteiger partial charge in [0.1, 0.15) is 0 Å². The Kier molecular flexibility index (Phi) is 6.26. The van der Waals surface area contributed by atoms with Gasteiger partial charge in [0.2, 0.25) is 0 Å². The lowest BCUT2D eigenvalue weighted by molar-refractivity contribution is 0.0154. The van der Waals surface area contributed by atoms with E-state index in [4.69, 9.17) is 4.74 Å². The molecule has 0 amide bonds. The molecule has 2 heteroatoms. The third kappa shape index (κ3) is 6.16. The summed E-state index contributed by atoms with van der Waals surface area (Å²) < 4.78 is 5.69. The predicted octanol–water partition coefficient (Wildman–Crippen LogP) is 2.97. The van der Waals surface area contributed by atoms with Crippen LogP contribution in [0.15, 0.2) is 0 Å². The molecule has 1 N–H and O–H groups in total. The van der Waals surface area contributed by atoms with Crippen LogP contribution in [0.2, 0.25) is 0 Å². The predicted molar refractivity (Wildman–Crippen MR) is 65.1 cm³/mol. The van der Waals surface area contributed by atoms with Crippen LogP contribution in [0, 0.1) is 5.92 Å². The van der Waals surface area contributed by atoms with Crippen LogP contribution in [0.1, 0.15) is 52.9 Å². The monoisotopic (exact) mass is 213 g/mol. The van der Waals surface area contributed by atoms with Crippen molar-refractivity contribution in [1.29, 1.82) is 0 Å². The number of hydrogen-bond donors (Lipinski definition) is 1. The van der Waals surface area contributed by atoms with E-state index < -0.39 is 0 Å². The SMILES string of the molecule is CC(C)CCC(C)NCC1CCCCO1. The molecule has 1 fully saturated rings. The highest BCUT2D eigenvalue weighted by Gasteiger charge is 2.14. The molecule has 0 aromatic carbocycles. The van der Waals surface area contributed by atoms with Gasteiger partial charge in [0.25, 0.3) is 0 Å². The maximum Gasteiger partial charge on any atom is 0.0699 e. The quantitative estimate of drug-likeness (QED) is 0.732. The summed E-state index contributed by atoms with van der Waals surface area (Å²) in [6.45, 7) is 8.87. The Morgan fingerprint density at radius 1 is 1.20 bits per heavy atom. The highest BCUT2D eigenvalue weighted by Crippen LogP contribution is 2.12. The highest BCUT2D eigenvalue weighted by molar-refractivity contribution is 4.69. The Hall–Kier alpha value is -0.0800. The number of rotatable bonds is 6. The molecule has 0 aromatic rings. The van der Waals surface area contributed by atoms with Crippen molar-refractivity contribution in [3.8, 4) is 0 Å². The van der Waals surface area contributed by atoms with Crippen molar-refractivity contribution in [2.75, 3.05) is 13.2 Å². The van der Waals surface area contributed by atoms with Crippen LogP contribution in [0.5, 0.6) is 0 Å². The minimum atomic E-state index is 0.472. The van der Waals surface area contributed by atoms with E-state index >= 15 is 0 Å². The molecule has 90 valence electrons. The topological polar surface area (TPSA) is 21.3 Å². The standard InChI is InChI=1S/C13H27NO/c1-11(2)7-8-12(3)14-10-13-6-4-5-9-15-13/h11-14H,4-10H2,1-3H3. The van der Waals surface area contributed by atoms with Crippen molar-refractivity contribution < 1.29 is 4.74 Å². The summed E-state index contributed by atoms with van der Waals surface area (Å²) in [4.78, 5) is 0. The zero-order valence-corrected chi connectivity index (χ0v) is 10.6. The fraction of sp³-hybridized carbons (Fsp3) is 1.00. The lowest BCUT2D eigenvalue weighted by atomic mass is 10.0. The van der Waals surface area contributed by atoms with Gasteiger partial charge >= 0.3 is 0 Å². The van der Waals surface area contributed by atoms with Crippen molar-refractivity contribution in [3.05, 3.63) is 0 Å². The summed E-state index contributed by atoms with van der Waals surface area (Å²) in [7, 11) is 0. The molecule has 1 saturated heterocycles. The molecule has 0 aromatic heterocycles. The van der Waals surface area contributed by atoms with E-state index in [1.54, 1.807) is 0 Å². The fourth-order valence-corrected chi connectivity index (χ4v) is 1.99. The summed E-state index contributed by atoms with van der Waals surface area (Å²) >= 11 is 0. The maximum atomic E-state index is 5.69. The minimum absolute atomic E-state index is 0.472. The molecule has 1 rings (SSSR count). The molecule has 0 aliphatic carbocycles. The Bertz CT molecular complexity index is 153. The first kappa shape index (κ1) is 13.0. The zero-order valence-electron chi connectivity index (χ0n) is 10.6. The molecule has 2 atom stereocenters. The largest absolute Gasteiger partial charge is 0.377 e. The van der Waals surface area contributed by atoms with Gasteiger partial charge in [0.05, 0.1) is 6.10 Å². The molecular weight excluding hydrogens is 186 g/mol. The van der Waals surface area contributed by atoms with Gasteiger partial charge in [0, 0.05) is 19.2 Å². The van der Waals surface area contributed by atoms with Crippen molar-refractivity contribution >= 4 is 0 Å². The lowest BCUT2D eigenvalue weighted by Gasteiger charge is -2.25. The molecule has 1 aliphatic rings. The average molecular weight is 213 g/mol. The summed E-state index contributed by atoms with van der Waals surface area (Å²) in [5, 5.41) is 3.58. The zero-order chi connectivity index (χ0) is 11.1. The van der Waals surface area contributed by atoms with Crippen LogP contribution >= 0.6 is 0 Å². The molecule has 2 unspecified atom stereocenters. The van der Waals surface area contributed by atoms with Crippen LogP contribution in [-0.4, -0.2) is 25.3 Å². The average Bonchev–Trinajstić information content (AvgIpc) is 2.25. The van der Waals surface area contributed by atoms with Crippen molar-refractivity contribution in [2.24, 2.45) is 5.92 Å². The Labute approximate surface area is 94.8 Å². The molecule has 15 heavy (non-hydrogen) atoms. The smallest absolute Gasteiger partial charge is 0.0699 e. The second-order valence-corrected chi connectivity index (χ2v) is 5.27. The van der Waals surface area contributed by atoms with Crippen molar-refractivity contribution in [1.82, 2.24) is 5.32 Å². The molecule has 2 nitrogen and oxygen atoms in total. The van der Waals surface area contributed by atoms with Gasteiger partial charge in [-0.1, -0.05) is 13.8 Å². The van der Waals surface area contributed by atoms with Crippen molar-refractivity contribution in [3.63, 3.8) is 0 Å². The molecule has 0 spiro atoms. The minimum Gasteiger partial charge on any atom is -0.377 e. The van der Waals surface area contributed by atoms with Gasteiger partial charge in [-0.3, -0.25) is 0 Å². The second-order valence-electron chi connectivity index (χ2n) is 5.27. The van der Waals surface area contributed by atoms with E-state index in [0.29, 0.717) is 12.1 Å².